The molecule has 0 aliphatic heterocycles. The minimum Gasteiger partial charge on any atom is -0.465 e. The van der Waals surface area contributed by atoms with Crippen LogP contribution in [0.2, 0.25) is 0 Å². The summed E-state index contributed by atoms with van der Waals surface area (Å²) in [5.41, 5.74) is 12.0. The Kier molecular flexibility index (Phi) is 5.46. The quantitative estimate of drug-likeness (QED) is 0.282. The van der Waals surface area contributed by atoms with E-state index in [0.717, 1.165) is 66.1 Å². The third-order valence-electron chi connectivity index (χ3n) is 6.18. The van der Waals surface area contributed by atoms with Crippen molar-refractivity contribution in [2.45, 2.75) is 32.1 Å². The Morgan fingerprint density at radius 3 is 2.51 bits per heavy atom. The molecule has 0 saturated carbocycles. The number of azo groups is 1. The van der Waals surface area contributed by atoms with Crippen LogP contribution in [0, 0.1) is 0 Å². The summed E-state index contributed by atoms with van der Waals surface area (Å²) in [5.74, 6) is 1.77. The molecule has 0 bridgehead atoms. The van der Waals surface area contributed by atoms with Gasteiger partial charge in [0.05, 0.1) is 23.9 Å². The fourth-order valence-electron chi connectivity index (χ4n) is 4.55. The fraction of sp³-hybridized carbons (Fsp3) is 0.185. The van der Waals surface area contributed by atoms with Crippen molar-refractivity contribution in [2.24, 2.45) is 10.2 Å². The number of nitrogen functional groups attached to an aromatic ring is 1. The van der Waals surface area contributed by atoms with Gasteiger partial charge in [-0.15, -0.1) is 10.2 Å². The van der Waals surface area contributed by atoms with Crippen LogP contribution in [0.15, 0.2) is 86.2 Å². The van der Waals surface area contributed by atoms with Gasteiger partial charge < -0.3 is 14.6 Å². The summed E-state index contributed by atoms with van der Waals surface area (Å²) in [6, 6.07) is 17.2. The lowest BCUT2D eigenvalue weighted by Gasteiger charge is -2.19. The Labute approximate surface area is 201 Å². The van der Waals surface area contributed by atoms with Crippen molar-refractivity contribution in [3.8, 4) is 11.5 Å². The van der Waals surface area contributed by atoms with E-state index in [1.54, 1.807) is 17.0 Å². The van der Waals surface area contributed by atoms with Crippen molar-refractivity contribution in [2.75, 3.05) is 5.73 Å². The van der Waals surface area contributed by atoms with Gasteiger partial charge in [-0.2, -0.15) is 5.11 Å². The molecule has 35 heavy (non-hydrogen) atoms. The van der Waals surface area contributed by atoms with Crippen LogP contribution in [0.25, 0.3) is 28.8 Å². The molecule has 0 atom stereocenters. The molecule has 4 heterocycles. The molecule has 0 saturated heterocycles. The Hall–Kier alpha value is -4.46. The molecule has 8 nitrogen and oxygen atoms in total. The number of benzene rings is 1. The summed E-state index contributed by atoms with van der Waals surface area (Å²) in [4.78, 5) is 5.10. The Morgan fingerprint density at radius 2 is 1.71 bits per heavy atom. The molecule has 1 aliphatic carbocycles. The average molecular weight is 465 g/mol. The normalized spacial score (nSPS) is 15.5. The molecule has 8 heteroatoms. The van der Waals surface area contributed by atoms with Crippen molar-refractivity contribution < 1.29 is 8.83 Å². The minimum atomic E-state index is 0.263. The summed E-state index contributed by atoms with van der Waals surface area (Å²) < 4.78 is 13.2. The SMILES string of the molecule is Nc1nn2c(-c3ccco3)c3c(nc2c1N=Nc1ccccc1)/C(=C/c1ccco1)CCCCC3. The summed E-state index contributed by atoms with van der Waals surface area (Å²) in [6.45, 7) is 0. The number of hydrogen-bond acceptors (Lipinski definition) is 7. The van der Waals surface area contributed by atoms with E-state index in [1.165, 1.54) is 0 Å². The highest BCUT2D eigenvalue weighted by molar-refractivity contribution is 5.86. The maximum atomic E-state index is 6.36. The summed E-state index contributed by atoms with van der Waals surface area (Å²) in [7, 11) is 0. The summed E-state index contributed by atoms with van der Waals surface area (Å²) in [5, 5.41) is 13.5. The Morgan fingerprint density at radius 1 is 0.886 bits per heavy atom. The van der Waals surface area contributed by atoms with Gasteiger partial charge in [0.25, 0.3) is 0 Å². The monoisotopic (exact) mass is 464 g/mol. The summed E-state index contributed by atoms with van der Waals surface area (Å²) in [6.07, 6.45) is 10.4. The second kappa shape index (κ2) is 9.06. The first kappa shape index (κ1) is 21.1. The van der Waals surface area contributed by atoms with Crippen molar-refractivity contribution in [3.05, 3.63) is 84.1 Å². The van der Waals surface area contributed by atoms with E-state index in [1.807, 2.05) is 54.6 Å². The predicted octanol–water partition coefficient (Wildman–Crippen LogP) is 7.24. The van der Waals surface area contributed by atoms with Crippen molar-refractivity contribution in [1.82, 2.24) is 14.6 Å². The lowest BCUT2D eigenvalue weighted by atomic mass is 9.91. The fourth-order valence-corrected chi connectivity index (χ4v) is 4.55. The highest BCUT2D eigenvalue weighted by Gasteiger charge is 2.26. The number of nitrogens with two attached hydrogens (primary N) is 1. The average Bonchev–Trinajstić information content (AvgIpc) is 3.62. The second-order valence-corrected chi connectivity index (χ2v) is 8.52. The maximum Gasteiger partial charge on any atom is 0.186 e. The van der Waals surface area contributed by atoms with E-state index in [2.05, 4.69) is 21.4 Å². The zero-order valence-corrected chi connectivity index (χ0v) is 19.1. The first-order valence-corrected chi connectivity index (χ1v) is 11.7. The molecule has 0 spiro atoms. The number of fused-ring (bicyclic) bond motifs is 2. The Bertz CT molecular complexity index is 1510. The second-order valence-electron chi connectivity index (χ2n) is 8.52. The van der Waals surface area contributed by atoms with Crippen LogP contribution < -0.4 is 5.73 Å². The van der Waals surface area contributed by atoms with Crippen LogP contribution >= 0.6 is 0 Å². The van der Waals surface area contributed by atoms with Crippen LogP contribution in [-0.4, -0.2) is 14.6 Å². The smallest absolute Gasteiger partial charge is 0.186 e. The number of rotatable bonds is 4. The number of allylic oxidation sites excluding steroid dienone is 1. The van der Waals surface area contributed by atoms with Gasteiger partial charge in [0, 0.05) is 5.56 Å². The first-order chi connectivity index (χ1) is 17.3. The molecule has 6 rings (SSSR count). The van der Waals surface area contributed by atoms with Crippen molar-refractivity contribution in [3.63, 3.8) is 0 Å². The molecule has 0 radical (unpaired) electrons. The first-order valence-electron chi connectivity index (χ1n) is 11.7. The van der Waals surface area contributed by atoms with Crippen LogP contribution in [0.4, 0.5) is 17.2 Å². The van der Waals surface area contributed by atoms with Crippen LogP contribution in [0.1, 0.15) is 42.7 Å². The molecule has 5 aromatic rings. The molecular formula is C27H24N6O2. The molecule has 1 aromatic carbocycles. The highest BCUT2D eigenvalue weighted by atomic mass is 16.3. The lowest BCUT2D eigenvalue weighted by Crippen LogP contribution is -2.09. The van der Waals surface area contributed by atoms with Gasteiger partial charge >= 0.3 is 0 Å². The molecule has 1 aliphatic rings. The number of hydrogen-bond donors (Lipinski definition) is 1. The van der Waals surface area contributed by atoms with Gasteiger partial charge in [-0.3, -0.25) is 0 Å². The topological polar surface area (TPSA) is 107 Å². The van der Waals surface area contributed by atoms with Crippen LogP contribution in [-0.2, 0) is 6.42 Å². The molecule has 0 fully saturated rings. The molecule has 0 amide bonds. The van der Waals surface area contributed by atoms with Gasteiger partial charge in [-0.25, -0.2) is 9.50 Å². The molecule has 174 valence electrons. The molecule has 2 N–H and O–H groups in total. The van der Waals surface area contributed by atoms with E-state index < -0.39 is 0 Å². The van der Waals surface area contributed by atoms with Gasteiger partial charge in [0.2, 0.25) is 0 Å². The lowest BCUT2D eigenvalue weighted by molar-refractivity contribution is 0.557. The van der Waals surface area contributed by atoms with E-state index in [-0.39, 0.29) is 5.82 Å². The minimum absolute atomic E-state index is 0.263. The van der Waals surface area contributed by atoms with E-state index in [9.17, 15) is 0 Å². The third-order valence-corrected chi connectivity index (χ3v) is 6.18. The van der Waals surface area contributed by atoms with E-state index in [4.69, 9.17) is 19.6 Å². The van der Waals surface area contributed by atoms with Crippen LogP contribution in [0.3, 0.4) is 0 Å². The molecular weight excluding hydrogens is 440 g/mol. The van der Waals surface area contributed by atoms with Gasteiger partial charge in [-0.1, -0.05) is 24.6 Å². The zero-order valence-electron chi connectivity index (χ0n) is 19.1. The van der Waals surface area contributed by atoms with Crippen molar-refractivity contribution in [1.29, 1.82) is 0 Å². The highest BCUT2D eigenvalue weighted by Crippen LogP contribution is 2.39. The van der Waals surface area contributed by atoms with Gasteiger partial charge in [0.1, 0.15) is 11.5 Å². The summed E-state index contributed by atoms with van der Waals surface area (Å²) >= 11 is 0. The van der Waals surface area contributed by atoms with Crippen LogP contribution in [0.5, 0.6) is 0 Å². The zero-order chi connectivity index (χ0) is 23.6. The molecule has 0 unspecified atom stereocenters. The van der Waals surface area contributed by atoms with E-state index in [0.29, 0.717) is 17.1 Å². The third kappa shape index (κ3) is 4.03. The predicted molar refractivity (Wildman–Crippen MR) is 134 cm³/mol. The van der Waals surface area contributed by atoms with Gasteiger partial charge in [0.15, 0.2) is 22.9 Å². The number of nitrogens with zero attached hydrogens (tertiary/aromatic N) is 5. The largest absolute Gasteiger partial charge is 0.465 e. The maximum absolute atomic E-state index is 6.36. The van der Waals surface area contributed by atoms with E-state index >= 15 is 0 Å². The number of furan rings is 2. The number of anilines is 1. The van der Waals surface area contributed by atoms with Gasteiger partial charge in [-0.05, 0) is 73.7 Å². The molecule has 4 aromatic heterocycles. The Balaban J connectivity index is 1.62. The standard InChI is InChI=1S/C27H24N6O2/c28-26-24(31-30-19-10-4-2-5-11-19)27-29-23-18(17-20-12-7-15-34-20)9-3-1-6-13-21(23)25(33(27)32-26)22-14-8-16-35-22/h2,4-5,7-8,10-12,14-17H,1,3,6,9,13H2,(H2,28,32)/b18-17+,31-30?. The number of aromatic nitrogens is 3. The van der Waals surface area contributed by atoms with Crippen molar-refractivity contribution >= 4 is 34.5 Å².